The molecule has 0 saturated carbocycles. The SMILES string of the molecule is CNc1cc(Oc2ccc(Br)c(C)c2)nc(C(C)(C)C)n1. The zero-order valence-corrected chi connectivity index (χ0v) is 14.6. The number of rotatable bonds is 3. The van der Waals surface area contributed by atoms with E-state index in [2.05, 4.69) is 52.0 Å². The summed E-state index contributed by atoms with van der Waals surface area (Å²) in [5.74, 6) is 2.80. The van der Waals surface area contributed by atoms with E-state index < -0.39 is 0 Å². The number of hydrogen-bond donors (Lipinski definition) is 1. The van der Waals surface area contributed by atoms with Crippen molar-refractivity contribution in [2.75, 3.05) is 12.4 Å². The van der Waals surface area contributed by atoms with Crippen LogP contribution in [0, 0.1) is 6.92 Å². The largest absolute Gasteiger partial charge is 0.439 e. The summed E-state index contributed by atoms with van der Waals surface area (Å²) in [6.45, 7) is 8.26. The number of hydrogen-bond acceptors (Lipinski definition) is 4. The Morgan fingerprint density at radius 1 is 1.14 bits per heavy atom. The molecule has 0 aliphatic carbocycles. The average Bonchev–Trinajstić information content (AvgIpc) is 2.41. The molecule has 5 heteroatoms. The summed E-state index contributed by atoms with van der Waals surface area (Å²) in [5.41, 5.74) is 0.979. The van der Waals surface area contributed by atoms with E-state index in [0.29, 0.717) is 5.88 Å². The number of ether oxygens (including phenoxy) is 1. The topological polar surface area (TPSA) is 47.0 Å². The van der Waals surface area contributed by atoms with Crippen molar-refractivity contribution in [1.29, 1.82) is 0 Å². The molecule has 0 fully saturated rings. The minimum absolute atomic E-state index is 0.138. The van der Waals surface area contributed by atoms with Crippen LogP contribution in [-0.4, -0.2) is 17.0 Å². The van der Waals surface area contributed by atoms with Gasteiger partial charge >= 0.3 is 0 Å². The molecular weight excluding hydrogens is 330 g/mol. The molecule has 21 heavy (non-hydrogen) atoms. The predicted octanol–water partition coefficient (Wildman–Crippen LogP) is 4.68. The Morgan fingerprint density at radius 3 is 2.43 bits per heavy atom. The van der Waals surface area contributed by atoms with Crippen molar-refractivity contribution >= 4 is 21.7 Å². The number of aromatic nitrogens is 2. The van der Waals surface area contributed by atoms with Gasteiger partial charge in [0.2, 0.25) is 5.88 Å². The van der Waals surface area contributed by atoms with Crippen LogP contribution in [0.2, 0.25) is 0 Å². The molecule has 2 rings (SSSR count). The molecule has 0 amide bonds. The van der Waals surface area contributed by atoms with Crippen molar-refractivity contribution < 1.29 is 4.74 Å². The Hall–Kier alpha value is -1.62. The minimum Gasteiger partial charge on any atom is -0.439 e. The van der Waals surface area contributed by atoms with E-state index in [-0.39, 0.29) is 5.41 Å². The smallest absolute Gasteiger partial charge is 0.224 e. The van der Waals surface area contributed by atoms with Gasteiger partial charge in [-0.15, -0.1) is 0 Å². The second-order valence-electron chi connectivity index (χ2n) is 5.93. The molecular formula is C16H20BrN3O. The summed E-state index contributed by atoms with van der Waals surface area (Å²) in [4.78, 5) is 9.00. The lowest BCUT2D eigenvalue weighted by Gasteiger charge is -2.18. The molecule has 0 radical (unpaired) electrons. The third kappa shape index (κ3) is 3.94. The summed E-state index contributed by atoms with van der Waals surface area (Å²) in [7, 11) is 1.84. The molecule has 0 aliphatic heterocycles. The van der Waals surface area contributed by atoms with Crippen LogP contribution in [0.15, 0.2) is 28.7 Å². The second kappa shape index (κ2) is 6.02. The van der Waals surface area contributed by atoms with Crippen molar-refractivity contribution in [3.8, 4) is 11.6 Å². The molecule has 112 valence electrons. The number of halogens is 1. The lowest BCUT2D eigenvalue weighted by molar-refractivity contribution is 0.446. The lowest BCUT2D eigenvalue weighted by Crippen LogP contribution is -2.17. The maximum atomic E-state index is 5.88. The van der Waals surface area contributed by atoms with Gasteiger partial charge in [0.25, 0.3) is 0 Å². The fourth-order valence-corrected chi connectivity index (χ4v) is 1.99. The summed E-state index contributed by atoms with van der Waals surface area (Å²) in [5, 5.41) is 3.05. The van der Waals surface area contributed by atoms with Crippen LogP contribution in [0.4, 0.5) is 5.82 Å². The Balaban J connectivity index is 2.36. The van der Waals surface area contributed by atoms with Crippen LogP contribution in [0.3, 0.4) is 0 Å². The number of benzene rings is 1. The predicted molar refractivity (Wildman–Crippen MR) is 89.2 cm³/mol. The monoisotopic (exact) mass is 349 g/mol. The zero-order valence-electron chi connectivity index (χ0n) is 13.0. The van der Waals surface area contributed by atoms with Crippen molar-refractivity contribution in [3.05, 3.63) is 40.1 Å². The van der Waals surface area contributed by atoms with Crippen molar-refractivity contribution in [1.82, 2.24) is 9.97 Å². The quantitative estimate of drug-likeness (QED) is 0.873. The fourth-order valence-electron chi connectivity index (χ4n) is 1.74. The maximum absolute atomic E-state index is 5.88. The summed E-state index contributed by atoms with van der Waals surface area (Å²) in [6.07, 6.45) is 0. The summed E-state index contributed by atoms with van der Waals surface area (Å²) < 4.78 is 6.94. The van der Waals surface area contributed by atoms with Gasteiger partial charge in [-0.05, 0) is 30.7 Å². The van der Waals surface area contributed by atoms with Gasteiger partial charge in [-0.1, -0.05) is 36.7 Å². The standard InChI is InChI=1S/C16H20BrN3O/c1-10-8-11(6-7-12(10)17)21-14-9-13(18-5)19-15(20-14)16(2,3)4/h6-9H,1-5H3,(H,18,19,20). The maximum Gasteiger partial charge on any atom is 0.224 e. The molecule has 0 aliphatic rings. The number of nitrogens with zero attached hydrogens (tertiary/aromatic N) is 2. The van der Waals surface area contributed by atoms with E-state index in [4.69, 9.17) is 4.74 Å². The molecule has 0 spiro atoms. The second-order valence-corrected chi connectivity index (χ2v) is 6.78. The van der Waals surface area contributed by atoms with Gasteiger partial charge in [-0.2, -0.15) is 4.98 Å². The first-order valence-electron chi connectivity index (χ1n) is 6.81. The van der Waals surface area contributed by atoms with E-state index in [1.54, 1.807) is 6.07 Å². The highest BCUT2D eigenvalue weighted by Crippen LogP contribution is 2.28. The van der Waals surface area contributed by atoms with Crippen molar-refractivity contribution in [2.45, 2.75) is 33.1 Å². The lowest BCUT2D eigenvalue weighted by atomic mass is 9.96. The van der Waals surface area contributed by atoms with Crippen LogP contribution in [0.5, 0.6) is 11.6 Å². The van der Waals surface area contributed by atoms with E-state index in [9.17, 15) is 0 Å². The molecule has 1 heterocycles. The number of nitrogens with one attached hydrogen (secondary N) is 1. The van der Waals surface area contributed by atoms with Crippen LogP contribution >= 0.6 is 15.9 Å². The first kappa shape index (κ1) is 15.8. The molecule has 0 saturated heterocycles. The van der Waals surface area contributed by atoms with E-state index in [1.165, 1.54) is 0 Å². The van der Waals surface area contributed by atoms with Crippen molar-refractivity contribution in [2.24, 2.45) is 0 Å². The number of anilines is 1. The van der Waals surface area contributed by atoms with E-state index in [0.717, 1.165) is 27.4 Å². The molecule has 0 atom stereocenters. The van der Waals surface area contributed by atoms with Crippen LogP contribution in [0.1, 0.15) is 32.2 Å². The van der Waals surface area contributed by atoms with Gasteiger partial charge in [0.15, 0.2) is 0 Å². The third-order valence-electron chi connectivity index (χ3n) is 2.98. The normalized spacial score (nSPS) is 11.3. The Labute approximate surface area is 134 Å². The zero-order chi connectivity index (χ0) is 15.6. The van der Waals surface area contributed by atoms with Gasteiger partial charge in [0, 0.05) is 23.0 Å². The van der Waals surface area contributed by atoms with Gasteiger partial charge in [0.1, 0.15) is 17.4 Å². The highest BCUT2D eigenvalue weighted by molar-refractivity contribution is 9.10. The van der Waals surface area contributed by atoms with Crippen LogP contribution in [0.25, 0.3) is 0 Å². The van der Waals surface area contributed by atoms with Gasteiger partial charge in [-0.25, -0.2) is 4.98 Å². The molecule has 1 aromatic carbocycles. The molecule has 1 aromatic heterocycles. The fraction of sp³-hybridized carbons (Fsp3) is 0.375. The van der Waals surface area contributed by atoms with Crippen LogP contribution in [-0.2, 0) is 5.41 Å². The molecule has 0 bridgehead atoms. The van der Waals surface area contributed by atoms with E-state index >= 15 is 0 Å². The summed E-state index contributed by atoms with van der Waals surface area (Å²) in [6, 6.07) is 7.65. The van der Waals surface area contributed by atoms with Gasteiger partial charge in [-0.3, -0.25) is 0 Å². The molecule has 1 N–H and O–H groups in total. The Bertz CT molecular complexity index is 650. The van der Waals surface area contributed by atoms with Gasteiger partial charge < -0.3 is 10.1 Å². The molecule has 0 unspecified atom stereocenters. The highest BCUT2D eigenvalue weighted by atomic mass is 79.9. The summed E-state index contributed by atoms with van der Waals surface area (Å²) >= 11 is 3.48. The third-order valence-corrected chi connectivity index (χ3v) is 3.87. The average molecular weight is 350 g/mol. The van der Waals surface area contributed by atoms with Crippen molar-refractivity contribution in [3.63, 3.8) is 0 Å². The Kier molecular flexibility index (Phi) is 4.52. The first-order valence-corrected chi connectivity index (χ1v) is 7.60. The van der Waals surface area contributed by atoms with E-state index in [1.807, 2.05) is 32.2 Å². The molecule has 2 aromatic rings. The molecule has 4 nitrogen and oxygen atoms in total. The highest BCUT2D eigenvalue weighted by Gasteiger charge is 2.19. The minimum atomic E-state index is -0.138. The Morgan fingerprint density at radius 2 is 1.86 bits per heavy atom. The first-order chi connectivity index (χ1) is 9.79. The number of aryl methyl sites for hydroxylation is 1. The van der Waals surface area contributed by atoms with Crippen LogP contribution < -0.4 is 10.1 Å². The van der Waals surface area contributed by atoms with Gasteiger partial charge in [0.05, 0.1) is 0 Å².